The monoisotopic (exact) mass is 331 g/mol. The van der Waals surface area contributed by atoms with E-state index in [2.05, 4.69) is 20.8 Å². The second-order valence-electron chi connectivity index (χ2n) is 6.64. The lowest BCUT2D eigenvalue weighted by atomic mass is 9.80. The molecule has 1 aromatic rings. The Balaban J connectivity index is 2.32. The maximum atomic E-state index is 12.8. The molecule has 1 saturated heterocycles. The third-order valence-corrected chi connectivity index (χ3v) is 6.52. The van der Waals surface area contributed by atoms with E-state index in [-0.39, 0.29) is 21.9 Å². The first kappa shape index (κ1) is 16.7. The highest BCUT2D eigenvalue weighted by Gasteiger charge is 2.38. The highest BCUT2D eigenvalue weighted by molar-refractivity contribution is 7.89. The third kappa shape index (κ3) is 3.42. The van der Waals surface area contributed by atoms with Crippen molar-refractivity contribution in [3.63, 3.8) is 0 Å². The molecule has 1 aliphatic heterocycles. The van der Waals surface area contributed by atoms with Crippen molar-refractivity contribution >= 4 is 21.6 Å². The second kappa shape index (κ2) is 5.88. The molecule has 0 aromatic heterocycles. The fourth-order valence-electron chi connectivity index (χ4n) is 2.64. The maximum absolute atomic E-state index is 12.8. The molecule has 0 radical (unpaired) electrons. The minimum atomic E-state index is -3.60. The van der Waals surface area contributed by atoms with Gasteiger partial charge in [0.05, 0.1) is 11.6 Å². The molecule has 0 amide bonds. The Morgan fingerprint density at radius 1 is 1.38 bits per heavy atom. The highest BCUT2D eigenvalue weighted by atomic mass is 35.5. The molecule has 0 aliphatic carbocycles. The van der Waals surface area contributed by atoms with E-state index in [1.165, 1.54) is 16.4 Å². The van der Waals surface area contributed by atoms with Crippen LogP contribution < -0.4 is 0 Å². The summed E-state index contributed by atoms with van der Waals surface area (Å²) >= 11 is 6.05. The maximum Gasteiger partial charge on any atom is 0.244 e. The minimum absolute atomic E-state index is 0.0843. The zero-order valence-electron chi connectivity index (χ0n) is 12.6. The molecule has 2 rings (SSSR count). The average Bonchev–Trinajstić information content (AvgIpc) is 2.89. The molecular weight excluding hydrogens is 310 g/mol. The molecule has 1 unspecified atom stereocenters. The van der Waals surface area contributed by atoms with Crippen LogP contribution in [-0.2, 0) is 16.6 Å². The predicted octanol–water partition coefficient (Wildman–Crippen LogP) is 2.89. The van der Waals surface area contributed by atoms with E-state index in [1.807, 2.05) is 0 Å². The summed E-state index contributed by atoms with van der Waals surface area (Å²) in [5.41, 5.74) is 0.630. The summed E-state index contributed by atoms with van der Waals surface area (Å²) in [6.07, 6.45) is 0.861. The van der Waals surface area contributed by atoms with Gasteiger partial charge >= 0.3 is 0 Å². The molecule has 0 spiro atoms. The van der Waals surface area contributed by atoms with Crippen LogP contribution in [0.3, 0.4) is 0 Å². The van der Waals surface area contributed by atoms with Gasteiger partial charge in [0.15, 0.2) is 0 Å². The summed E-state index contributed by atoms with van der Waals surface area (Å²) in [6, 6.07) is 4.61. The number of benzene rings is 1. The van der Waals surface area contributed by atoms with Gasteiger partial charge < -0.3 is 5.11 Å². The van der Waals surface area contributed by atoms with E-state index >= 15 is 0 Å². The summed E-state index contributed by atoms with van der Waals surface area (Å²) in [5.74, 6) is 0.340. The Morgan fingerprint density at radius 2 is 2.05 bits per heavy atom. The number of hydrogen-bond acceptors (Lipinski definition) is 3. The first-order valence-corrected chi connectivity index (χ1v) is 8.87. The van der Waals surface area contributed by atoms with Gasteiger partial charge in [-0.1, -0.05) is 38.4 Å². The molecule has 118 valence electrons. The van der Waals surface area contributed by atoms with Gasteiger partial charge in [-0.15, -0.1) is 0 Å². The molecule has 0 saturated carbocycles. The Bertz CT molecular complexity index is 622. The number of aliphatic hydroxyl groups excluding tert-OH is 1. The van der Waals surface area contributed by atoms with Crippen LogP contribution in [0.15, 0.2) is 23.1 Å². The zero-order chi connectivity index (χ0) is 15.8. The van der Waals surface area contributed by atoms with Crippen molar-refractivity contribution in [2.75, 3.05) is 13.1 Å². The van der Waals surface area contributed by atoms with Crippen LogP contribution in [0.25, 0.3) is 0 Å². The summed E-state index contributed by atoms with van der Waals surface area (Å²) < 4.78 is 27.0. The Kier molecular flexibility index (Phi) is 4.69. The molecule has 1 fully saturated rings. The Morgan fingerprint density at radius 3 is 2.57 bits per heavy atom. The molecular formula is C15H22ClNO3S. The summed E-state index contributed by atoms with van der Waals surface area (Å²) in [6.45, 7) is 7.23. The number of aliphatic hydroxyl groups is 1. The molecule has 6 heteroatoms. The fraction of sp³-hybridized carbons (Fsp3) is 0.600. The fourth-order valence-corrected chi connectivity index (χ4v) is 4.66. The predicted molar refractivity (Wildman–Crippen MR) is 83.7 cm³/mol. The molecule has 1 N–H and O–H groups in total. The van der Waals surface area contributed by atoms with Gasteiger partial charge in [0.1, 0.15) is 4.90 Å². The van der Waals surface area contributed by atoms with E-state index in [4.69, 9.17) is 11.6 Å². The largest absolute Gasteiger partial charge is 0.392 e. The standard InChI is InChI=1S/C15H22ClNO3S/c1-15(2,3)12-6-7-17(9-12)21(19,20)14-8-11(10-18)4-5-13(14)16/h4-5,8,12,18H,6-7,9-10H2,1-3H3. The van der Waals surface area contributed by atoms with E-state index in [0.717, 1.165) is 6.42 Å². The smallest absolute Gasteiger partial charge is 0.244 e. The van der Waals surface area contributed by atoms with Crippen LogP contribution in [0.5, 0.6) is 0 Å². The highest BCUT2D eigenvalue weighted by Crippen LogP contribution is 2.37. The van der Waals surface area contributed by atoms with E-state index < -0.39 is 10.0 Å². The van der Waals surface area contributed by atoms with Crippen LogP contribution in [-0.4, -0.2) is 30.9 Å². The normalized spacial score (nSPS) is 20.9. The van der Waals surface area contributed by atoms with E-state index in [9.17, 15) is 13.5 Å². The molecule has 21 heavy (non-hydrogen) atoms. The van der Waals surface area contributed by atoms with Gasteiger partial charge in [0.2, 0.25) is 10.0 Å². The zero-order valence-corrected chi connectivity index (χ0v) is 14.2. The number of halogens is 1. The van der Waals surface area contributed by atoms with Gasteiger partial charge in [-0.2, -0.15) is 4.31 Å². The minimum Gasteiger partial charge on any atom is -0.392 e. The van der Waals surface area contributed by atoms with Crippen molar-refractivity contribution in [1.29, 1.82) is 0 Å². The van der Waals surface area contributed by atoms with Crippen LogP contribution in [0, 0.1) is 11.3 Å². The van der Waals surface area contributed by atoms with Crippen molar-refractivity contribution in [2.45, 2.75) is 38.7 Å². The quantitative estimate of drug-likeness (QED) is 0.926. The topological polar surface area (TPSA) is 57.6 Å². The average molecular weight is 332 g/mol. The van der Waals surface area contributed by atoms with E-state index in [0.29, 0.717) is 24.6 Å². The first-order valence-electron chi connectivity index (χ1n) is 7.05. The van der Waals surface area contributed by atoms with Crippen molar-refractivity contribution in [3.05, 3.63) is 28.8 Å². The van der Waals surface area contributed by atoms with Crippen molar-refractivity contribution < 1.29 is 13.5 Å². The van der Waals surface area contributed by atoms with Gasteiger partial charge in [0, 0.05) is 13.1 Å². The molecule has 1 atom stereocenters. The lowest BCUT2D eigenvalue weighted by Gasteiger charge is -2.27. The van der Waals surface area contributed by atoms with Crippen LogP contribution in [0.4, 0.5) is 0 Å². The number of nitrogens with zero attached hydrogens (tertiary/aromatic N) is 1. The first-order chi connectivity index (χ1) is 9.66. The molecule has 0 bridgehead atoms. The van der Waals surface area contributed by atoms with Crippen molar-refractivity contribution in [3.8, 4) is 0 Å². The summed E-state index contributed by atoms with van der Waals surface area (Å²) in [4.78, 5) is 0.0882. The Labute approximate surface area is 131 Å². The molecule has 1 aromatic carbocycles. The molecule has 4 nitrogen and oxygen atoms in total. The lowest BCUT2D eigenvalue weighted by Crippen LogP contribution is -2.31. The third-order valence-electron chi connectivity index (χ3n) is 4.17. The van der Waals surface area contributed by atoms with Crippen LogP contribution >= 0.6 is 11.6 Å². The lowest BCUT2D eigenvalue weighted by molar-refractivity contribution is 0.252. The van der Waals surface area contributed by atoms with Crippen LogP contribution in [0.1, 0.15) is 32.8 Å². The number of hydrogen-bond donors (Lipinski definition) is 1. The number of rotatable bonds is 3. The van der Waals surface area contributed by atoms with Gasteiger partial charge in [0.25, 0.3) is 0 Å². The van der Waals surface area contributed by atoms with Gasteiger partial charge in [-0.25, -0.2) is 8.42 Å². The van der Waals surface area contributed by atoms with Gasteiger partial charge in [-0.05, 0) is 35.4 Å². The van der Waals surface area contributed by atoms with Gasteiger partial charge in [-0.3, -0.25) is 0 Å². The van der Waals surface area contributed by atoms with Crippen molar-refractivity contribution in [2.24, 2.45) is 11.3 Å². The van der Waals surface area contributed by atoms with E-state index in [1.54, 1.807) is 6.07 Å². The van der Waals surface area contributed by atoms with Crippen molar-refractivity contribution in [1.82, 2.24) is 4.31 Å². The SMILES string of the molecule is CC(C)(C)C1CCN(S(=O)(=O)c2cc(CO)ccc2Cl)C1. The number of sulfonamides is 1. The van der Waals surface area contributed by atoms with Crippen LogP contribution in [0.2, 0.25) is 5.02 Å². The molecule has 1 aliphatic rings. The summed E-state index contributed by atoms with van der Waals surface area (Å²) in [5, 5.41) is 9.38. The second-order valence-corrected chi connectivity index (χ2v) is 8.95. The summed E-state index contributed by atoms with van der Waals surface area (Å²) in [7, 11) is -3.60. The Hall–Kier alpha value is -0.620. The molecule has 1 heterocycles.